The van der Waals surface area contributed by atoms with Crippen LogP contribution in [0.1, 0.15) is 84.0 Å². The van der Waals surface area contributed by atoms with Gasteiger partial charge < -0.3 is 4.74 Å². The molecule has 0 unspecified atom stereocenters. The predicted octanol–water partition coefficient (Wildman–Crippen LogP) is 5.93. The molecular weight excluding hydrogens is 248 g/mol. The summed E-state index contributed by atoms with van der Waals surface area (Å²) in [5, 5.41) is 0. The van der Waals surface area contributed by atoms with Gasteiger partial charge in [-0.1, -0.05) is 83.3 Å². The quantitative estimate of drug-likeness (QED) is 0.161. The monoisotopic (exact) mass is 280 g/mol. The SMILES string of the molecule is CCCCCCCCCCCCCC=CC=COC=O. The van der Waals surface area contributed by atoms with Crippen molar-refractivity contribution in [1.29, 1.82) is 0 Å². The van der Waals surface area contributed by atoms with Gasteiger partial charge in [-0.25, -0.2) is 0 Å². The minimum absolute atomic E-state index is 0.425. The molecule has 0 aromatic carbocycles. The van der Waals surface area contributed by atoms with Gasteiger partial charge >= 0.3 is 0 Å². The summed E-state index contributed by atoms with van der Waals surface area (Å²) in [5.74, 6) is 0. The molecule has 2 heteroatoms. The van der Waals surface area contributed by atoms with Crippen LogP contribution in [-0.2, 0) is 9.53 Å². The average Bonchev–Trinajstić information content (AvgIpc) is 2.47. The third kappa shape index (κ3) is 16.9. The lowest BCUT2D eigenvalue weighted by Crippen LogP contribution is -1.81. The molecule has 0 aliphatic carbocycles. The van der Waals surface area contributed by atoms with Crippen molar-refractivity contribution in [2.24, 2.45) is 0 Å². The van der Waals surface area contributed by atoms with Crippen LogP contribution in [-0.4, -0.2) is 6.47 Å². The fourth-order valence-electron chi connectivity index (χ4n) is 2.22. The largest absolute Gasteiger partial charge is 0.437 e. The molecule has 0 spiro atoms. The van der Waals surface area contributed by atoms with Crippen LogP contribution < -0.4 is 0 Å². The molecule has 20 heavy (non-hydrogen) atoms. The summed E-state index contributed by atoms with van der Waals surface area (Å²) in [5.41, 5.74) is 0. The number of rotatable bonds is 15. The highest BCUT2D eigenvalue weighted by atomic mass is 16.5. The summed E-state index contributed by atoms with van der Waals surface area (Å²) in [6, 6.07) is 0. The molecule has 2 nitrogen and oxygen atoms in total. The molecule has 0 radical (unpaired) electrons. The lowest BCUT2D eigenvalue weighted by atomic mass is 10.1. The Morgan fingerprint density at radius 2 is 1.30 bits per heavy atom. The van der Waals surface area contributed by atoms with Crippen molar-refractivity contribution in [2.75, 3.05) is 0 Å². The Bertz CT molecular complexity index is 244. The van der Waals surface area contributed by atoms with Gasteiger partial charge in [0.15, 0.2) is 0 Å². The molecule has 0 rings (SSSR count). The molecule has 0 aliphatic rings. The van der Waals surface area contributed by atoms with E-state index in [0.717, 1.165) is 6.42 Å². The lowest BCUT2D eigenvalue weighted by molar-refractivity contribution is -0.123. The summed E-state index contributed by atoms with van der Waals surface area (Å²) in [4.78, 5) is 9.86. The highest BCUT2D eigenvalue weighted by Crippen LogP contribution is 2.11. The molecule has 0 aromatic rings. The van der Waals surface area contributed by atoms with E-state index in [0.29, 0.717) is 6.47 Å². The van der Waals surface area contributed by atoms with Gasteiger partial charge in [0.25, 0.3) is 6.47 Å². The Morgan fingerprint density at radius 3 is 1.85 bits per heavy atom. The van der Waals surface area contributed by atoms with Crippen molar-refractivity contribution in [1.82, 2.24) is 0 Å². The van der Waals surface area contributed by atoms with Crippen LogP contribution in [0, 0.1) is 0 Å². The van der Waals surface area contributed by atoms with Crippen LogP contribution in [0.5, 0.6) is 0 Å². The van der Waals surface area contributed by atoms with Crippen LogP contribution >= 0.6 is 0 Å². The minimum Gasteiger partial charge on any atom is -0.437 e. The fourth-order valence-corrected chi connectivity index (χ4v) is 2.22. The first kappa shape index (κ1) is 18.9. The van der Waals surface area contributed by atoms with Crippen LogP contribution in [0.2, 0.25) is 0 Å². The van der Waals surface area contributed by atoms with Crippen LogP contribution in [0.3, 0.4) is 0 Å². The molecule has 0 atom stereocenters. The van der Waals surface area contributed by atoms with Crippen molar-refractivity contribution >= 4 is 6.47 Å². The van der Waals surface area contributed by atoms with E-state index in [1.807, 2.05) is 6.08 Å². The zero-order valence-electron chi connectivity index (χ0n) is 13.2. The molecule has 0 saturated heterocycles. The van der Waals surface area contributed by atoms with Gasteiger partial charge in [-0.15, -0.1) is 0 Å². The first-order valence-electron chi connectivity index (χ1n) is 8.32. The van der Waals surface area contributed by atoms with E-state index in [-0.39, 0.29) is 0 Å². The molecule has 0 aliphatic heterocycles. The van der Waals surface area contributed by atoms with Crippen LogP contribution in [0.25, 0.3) is 0 Å². The van der Waals surface area contributed by atoms with E-state index in [2.05, 4.69) is 17.7 Å². The minimum atomic E-state index is 0.425. The highest BCUT2D eigenvalue weighted by molar-refractivity contribution is 5.38. The Labute approximate surface area is 125 Å². The number of unbranched alkanes of at least 4 members (excludes halogenated alkanes) is 11. The zero-order chi connectivity index (χ0) is 14.7. The highest BCUT2D eigenvalue weighted by Gasteiger charge is 1.92. The van der Waals surface area contributed by atoms with Crippen molar-refractivity contribution in [3.8, 4) is 0 Å². The van der Waals surface area contributed by atoms with Gasteiger partial charge in [0.2, 0.25) is 0 Å². The Morgan fingerprint density at radius 1 is 0.750 bits per heavy atom. The Kier molecular flexibility index (Phi) is 17.0. The van der Waals surface area contributed by atoms with Crippen LogP contribution in [0.15, 0.2) is 24.5 Å². The second kappa shape index (κ2) is 17.9. The first-order chi connectivity index (χ1) is 9.91. The summed E-state index contributed by atoms with van der Waals surface area (Å²) >= 11 is 0. The van der Waals surface area contributed by atoms with Crippen molar-refractivity contribution in [3.05, 3.63) is 24.5 Å². The Balaban J connectivity index is 3.07. The maximum absolute atomic E-state index is 9.86. The van der Waals surface area contributed by atoms with Gasteiger partial charge in [-0.05, 0) is 18.9 Å². The number of allylic oxidation sites excluding steroid dienone is 3. The fraction of sp³-hybridized carbons (Fsp3) is 0.722. The number of carbonyl (C=O) groups excluding carboxylic acids is 1. The standard InChI is InChI=1S/C18H32O2/c1-2-3-4-5-6-7-8-9-10-11-12-13-14-15-16-17-20-18-19/h14-18H,2-13H2,1H3. The first-order valence-corrected chi connectivity index (χ1v) is 8.32. The average molecular weight is 280 g/mol. The number of hydrogen-bond donors (Lipinski definition) is 0. The second-order valence-corrected chi connectivity index (χ2v) is 5.31. The van der Waals surface area contributed by atoms with E-state index in [1.54, 1.807) is 6.08 Å². The van der Waals surface area contributed by atoms with E-state index >= 15 is 0 Å². The number of ether oxygens (including phenoxy) is 1. The molecule has 0 saturated carbocycles. The van der Waals surface area contributed by atoms with Gasteiger partial charge in [-0.2, -0.15) is 0 Å². The molecule has 0 amide bonds. The number of hydrogen-bond acceptors (Lipinski definition) is 2. The normalized spacial score (nSPS) is 11.4. The lowest BCUT2D eigenvalue weighted by Gasteiger charge is -2.01. The molecule has 0 heterocycles. The van der Waals surface area contributed by atoms with E-state index in [9.17, 15) is 4.79 Å². The van der Waals surface area contributed by atoms with Crippen molar-refractivity contribution < 1.29 is 9.53 Å². The third-order valence-electron chi connectivity index (χ3n) is 3.43. The molecule has 116 valence electrons. The van der Waals surface area contributed by atoms with Crippen LogP contribution in [0.4, 0.5) is 0 Å². The van der Waals surface area contributed by atoms with Crippen molar-refractivity contribution in [2.45, 2.75) is 84.0 Å². The molecule has 0 aromatic heterocycles. The van der Waals surface area contributed by atoms with E-state index in [4.69, 9.17) is 0 Å². The zero-order valence-corrected chi connectivity index (χ0v) is 13.2. The van der Waals surface area contributed by atoms with Crippen molar-refractivity contribution in [3.63, 3.8) is 0 Å². The molecular formula is C18H32O2. The van der Waals surface area contributed by atoms with Gasteiger partial charge in [0, 0.05) is 0 Å². The third-order valence-corrected chi connectivity index (χ3v) is 3.43. The predicted molar refractivity (Wildman–Crippen MR) is 86.5 cm³/mol. The maximum atomic E-state index is 9.86. The summed E-state index contributed by atoms with van der Waals surface area (Å²) < 4.78 is 4.43. The molecule has 0 bridgehead atoms. The maximum Gasteiger partial charge on any atom is 0.297 e. The summed E-state index contributed by atoms with van der Waals surface area (Å²) in [6.07, 6.45) is 23.5. The van der Waals surface area contributed by atoms with Gasteiger partial charge in [0.1, 0.15) is 0 Å². The van der Waals surface area contributed by atoms with E-state index < -0.39 is 0 Å². The number of carbonyl (C=O) groups is 1. The van der Waals surface area contributed by atoms with Gasteiger partial charge in [-0.3, -0.25) is 4.79 Å². The summed E-state index contributed by atoms with van der Waals surface area (Å²) in [7, 11) is 0. The Hall–Kier alpha value is -1.05. The summed E-state index contributed by atoms with van der Waals surface area (Å²) in [6.45, 7) is 2.69. The topological polar surface area (TPSA) is 26.3 Å². The molecule has 0 fully saturated rings. The molecule has 0 N–H and O–H groups in total. The smallest absolute Gasteiger partial charge is 0.297 e. The van der Waals surface area contributed by atoms with Gasteiger partial charge in [0.05, 0.1) is 6.26 Å². The second-order valence-electron chi connectivity index (χ2n) is 5.31. The van der Waals surface area contributed by atoms with E-state index in [1.165, 1.54) is 76.9 Å².